The zero-order valence-electron chi connectivity index (χ0n) is 11.4. The minimum absolute atomic E-state index is 0.0372. The third kappa shape index (κ3) is 2.92. The molecule has 1 aromatic carbocycles. The fourth-order valence-corrected chi connectivity index (χ4v) is 3.12. The molecule has 0 saturated heterocycles. The maximum Gasteiger partial charge on any atom is 0.227 e. The zero-order chi connectivity index (χ0) is 13.0. The number of nitrogens with one attached hydrogen (secondary N) is 1. The third-order valence-corrected chi connectivity index (χ3v) is 4.05. The van der Waals surface area contributed by atoms with E-state index in [0.29, 0.717) is 5.92 Å². The molecule has 0 radical (unpaired) electrons. The molecule has 2 nitrogen and oxygen atoms in total. The number of amides is 1. The molecule has 1 aromatic rings. The van der Waals surface area contributed by atoms with Gasteiger partial charge in [-0.1, -0.05) is 49.1 Å². The average Bonchev–Trinajstić information content (AvgIpc) is 2.40. The number of benzene rings is 1. The van der Waals surface area contributed by atoms with E-state index in [1.807, 2.05) is 0 Å². The molecule has 1 N–H and O–H groups in total. The van der Waals surface area contributed by atoms with Crippen LogP contribution in [0.15, 0.2) is 24.3 Å². The molecule has 2 rings (SSSR count). The quantitative estimate of drug-likeness (QED) is 0.868. The van der Waals surface area contributed by atoms with Crippen LogP contribution in [0.4, 0.5) is 0 Å². The number of hydrogen-bond acceptors (Lipinski definition) is 1. The topological polar surface area (TPSA) is 29.1 Å². The first-order valence-corrected chi connectivity index (χ1v) is 7.00. The van der Waals surface area contributed by atoms with Crippen molar-refractivity contribution in [1.82, 2.24) is 5.32 Å². The Morgan fingerprint density at radius 3 is 2.61 bits per heavy atom. The van der Waals surface area contributed by atoms with Gasteiger partial charge >= 0.3 is 0 Å². The molecule has 0 aliphatic heterocycles. The van der Waals surface area contributed by atoms with Gasteiger partial charge in [0, 0.05) is 7.05 Å². The van der Waals surface area contributed by atoms with E-state index in [1.165, 1.54) is 43.2 Å². The summed E-state index contributed by atoms with van der Waals surface area (Å²) in [6.45, 7) is 2.09. The highest BCUT2D eigenvalue weighted by Crippen LogP contribution is 2.36. The van der Waals surface area contributed by atoms with Crippen LogP contribution in [-0.2, 0) is 4.79 Å². The molecular formula is C16H23NO. The van der Waals surface area contributed by atoms with Crippen molar-refractivity contribution in [1.29, 1.82) is 0 Å². The van der Waals surface area contributed by atoms with Crippen molar-refractivity contribution in [2.75, 3.05) is 7.05 Å². The van der Waals surface area contributed by atoms with Crippen molar-refractivity contribution in [2.45, 2.75) is 44.9 Å². The lowest BCUT2D eigenvalue weighted by molar-refractivity contribution is -0.123. The summed E-state index contributed by atoms with van der Waals surface area (Å²) < 4.78 is 0. The number of aryl methyl sites for hydroxylation is 1. The van der Waals surface area contributed by atoms with E-state index in [0.717, 1.165) is 0 Å². The Kier molecular flexibility index (Phi) is 4.40. The molecule has 0 aromatic heterocycles. The van der Waals surface area contributed by atoms with Gasteiger partial charge < -0.3 is 5.32 Å². The van der Waals surface area contributed by atoms with Crippen LogP contribution in [0.25, 0.3) is 0 Å². The summed E-state index contributed by atoms with van der Waals surface area (Å²) in [5.41, 5.74) is 2.42. The number of likely N-dealkylation sites (N-methyl/N-ethyl adjacent to an activating group) is 1. The first-order chi connectivity index (χ1) is 8.72. The van der Waals surface area contributed by atoms with Crippen LogP contribution in [0, 0.1) is 12.8 Å². The summed E-state index contributed by atoms with van der Waals surface area (Å²) in [6, 6.07) is 8.41. The standard InChI is InChI=1S/C16H23NO/c1-12-7-6-10-14(11-12)15(16(18)17-2)13-8-4-3-5-9-13/h6-7,10-11,13,15H,3-5,8-9H2,1-2H3,(H,17,18). The van der Waals surface area contributed by atoms with E-state index in [4.69, 9.17) is 0 Å². The smallest absolute Gasteiger partial charge is 0.227 e. The van der Waals surface area contributed by atoms with Crippen molar-refractivity contribution in [3.05, 3.63) is 35.4 Å². The van der Waals surface area contributed by atoms with E-state index < -0.39 is 0 Å². The summed E-state index contributed by atoms with van der Waals surface area (Å²) >= 11 is 0. The molecular weight excluding hydrogens is 222 g/mol. The van der Waals surface area contributed by atoms with E-state index >= 15 is 0 Å². The molecule has 1 aliphatic rings. The Morgan fingerprint density at radius 1 is 1.28 bits per heavy atom. The molecule has 1 amide bonds. The van der Waals surface area contributed by atoms with Gasteiger partial charge in [-0.3, -0.25) is 4.79 Å². The van der Waals surface area contributed by atoms with Gasteiger partial charge in [-0.05, 0) is 31.2 Å². The minimum atomic E-state index is 0.0372. The highest BCUT2D eigenvalue weighted by Gasteiger charge is 2.30. The van der Waals surface area contributed by atoms with Crippen molar-refractivity contribution < 1.29 is 4.79 Å². The van der Waals surface area contributed by atoms with Crippen LogP contribution in [-0.4, -0.2) is 13.0 Å². The fourth-order valence-electron chi connectivity index (χ4n) is 3.12. The minimum Gasteiger partial charge on any atom is -0.359 e. The Hall–Kier alpha value is -1.31. The largest absolute Gasteiger partial charge is 0.359 e. The molecule has 2 heteroatoms. The van der Waals surface area contributed by atoms with E-state index in [1.54, 1.807) is 7.05 Å². The van der Waals surface area contributed by atoms with Crippen molar-refractivity contribution in [2.24, 2.45) is 5.92 Å². The first kappa shape index (κ1) is 13.1. The van der Waals surface area contributed by atoms with E-state index in [-0.39, 0.29) is 11.8 Å². The molecule has 1 atom stereocenters. The van der Waals surface area contributed by atoms with E-state index in [2.05, 4.69) is 36.5 Å². The fraction of sp³-hybridized carbons (Fsp3) is 0.562. The molecule has 0 heterocycles. The van der Waals surface area contributed by atoms with Crippen molar-refractivity contribution in [3.8, 4) is 0 Å². The van der Waals surface area contributed by atoms with Crippen LogP contribution >= 0.6 is 0 Å². The number of hydrogen-bond donors (Lipinski definition) is 1. The predicted molar refractivity (Wildman–Crippen MR) is 74.6 cm³/mol. The summed E-state index contributed by atoms with van der Waals surface area (Å²) in [7, 11) is 1.74. The molecule has 0 bridgehead atoms. The Labute approximate surface area is 110 Å². The van der Waals surface area contributed by atoms with Crippen LogP contribution < -0.4 is 5.32 Å². The van der Waals surface area contributed by atoms with Gasteiger partial charge in [-0.2, -0.15) is 0 Å². The van der Waals surface area contributed by atoms with Crippen LogP contribution in [0.2, 0.25) is 0 Å². The van der Waals surface area contributed by atoms with Crippen LogP contribution in [0.5, 0.6) is 0 Å². The summed E-state index contributed by atoms with van der Waals surface area (Å²) in [6.07, 6.45) is 6.23. The lowest BCUT2D eigenvalue weighted by atomic mass is 9.76. The van der Waals surface area contributed by atoms with Gasteiger partial charge in [-0.25, -0.2) is 0 Å². The molecule has 1 unspecified atom stereocenters. The zero-order valence-corrected chi connectivity index (χ0v) is 11.4. The summed E-state index contributed by atoms with van der Waals surface area (Å²) in [4.78, 5) is 12.2. The molecule has 1 aliphatic carbocycles. The lowest BCUT2D eigenvalue weighted by Crippen LogP contribution is -2.32. The Bertz CT molecular complexity index is 407. The van der Waals surface area contributed by atoms with Gasteiger partial charge in [0.05, 0.1) is 5.92 Å². The maximum absolute atomic E-state index is 12.2. The second-order valence-corrected chi connectivity index (χ2v) is 5.40. The van der Waals surface area contributed by atoms with Crippen molar-refractivity contribution >= 4 is 5.91 Å². The second-order valence-electron chi connectivity index (χ2n) is 5.40. The molecule has 1 saturated carbocycles. The molecule has 98 valence electrons. The monoisotopic (exact) mass is 245 g/mol. The average molecular weight is 245 g/mol. The van der Waals surface area contributed by atoms with Gasteiger partial charge in [-0.15, -0.1) is 0 Å². The maximum atomic E-state index is 12.2. The van der Waals surface area contributed by atoms with Crippen LogP contribution in [0.1, 0.15) is 49.1 Å². The first-order valence-electron chi connectivity index (χ1n) is 7.00. The SMILES string of the molecule is CNC(=O)C(c1cccc(C)c1)C1CCCCC1. The third-order valence-electron chi connectivity index (χ3n) is 4.05. The molecule has 0 spiro atoms. The number of rotatable bonds is 3. The van der Waals surface area contributed by atoms with E-state index in [9.17, 15) is 4.79 Å². The summed E-state index contributed by atoms with van der Waals surface area (Å²) in [5, 5.41) is 2.84. The van der Waals surface area contributed by atoms with Gasteiger partial charge in [0.25, 0.3) is 0 Å². The molecule has 1 fully saturated rings. The second kappa shape index (κ2) is 6.03. The Balaban J connectivity index is 2.26. The summed E-state index contributed by atoms with van der Waals surface area (Å²) in [5.74, 6) is 0.725. The number of carbonyl (C=O) groups excluding carboxylic acids is 1. The lowest BCUT2D eigenvalue weighted by Gasteiger charge is -2.29. The molecule has 18 heavy (non-hydrogen) atoms. The van der Waals surface area contributed by atoms with Gasteiger partial charge in [0.1, 0.15) is 0 Å². The van der Waals surface area contributed by atoms with Crippen molar-refractivity contribution in [3.63, 3.8) is 0 Å². The number of carbonyl (C=O) groups is 1. The predicted octanol–water partition coefficient (Wildman–Crippen LogP) is 3.40. The Morgan fingerprint density at radius 2 is 2.00 bits per heavy atom. The highest BCUT2D eigenvalue weighted by molar-refractivity contribution is 5.83. The van der Waals surface area contributed by atoms with Crippen LogP contribution in [0.3, 0.4) is 0 Å². The van der Waals surface area contributed by atoms with Gasteiger partial charge in [0.15, 0.2) is 0 Å². The van der Waals surface area contributed by atoms with Gasteiger partial charge in [0.2, 0.25) is 5.91 Å². The normalized spacial score (nSPS) is 18.3. The highest BCUT2D eigenvalue weighted by atomic mass is 16.1.